The van der Waals surface area contributed by atoms with Gasteiger partial charge < -0.3 is 14.4 Å². The second kappa shape index (κ2) is 7.32. The highest BCUT2D eigenvalue weighted by Gasteiger charge is 2.36. The molecule has 3 unspecified atom stereocenters. The van der Waals surface area contributed by atoms with Gasteiger partial charge >= 0.3 is 0 Å². The van der Waals surface area contributed by atoms with Crippen molar-refractivity contribution >= 4 is 5.78 Å². The molecule has 1 saturated carbocycles. The van der Waals surface area contributed by atoms with Crippen LogP contribution < -0.4 is 0 Å². The van der Waals surface area contributed by atoms with Gasteiger partial charge in [-0.25, -0.2) is 0 Å². The number of aliphatic hydroxyl groups excluding tert-OH is 1. The zero-order chi connectivity index (χ0) is 17.1. The molecule has 1 aliphatic rings. The lowest BCUT2D eigenvalue weighted by molar-refractivity contribution is 0.0461. The van der Waals surface area contributed by atoms with Crippen LogP contribution in [-0.4, -0.2) is 36.0 Å². The first kappa shape index (κ1) is 16.9. The van der Waals surface area contributed by atoms with E-state index >= 15 is 0 Å². The summed E-state index contributed by atoms with van der Waals surface area (Å²) in [6.07, 6.45) is 3.17. The van der Waals surface area contributed by atoms with Gasteiger partial charge in [-0.05, 0) is 62.5 Å². The molecule has 1 aromatic heterocycles. The van der Waals surface area contributed by atoms with Crippen molar-refractivity contribution in [2.45, 2.75) is 37.8 Å². The standard InChI is InChI=1S/C20H25NO3/c1-21(2)13-14-5-7-15(8-6-14)16-9-10-18(22)17(12-16)20(23)19-4-3-11-24-19/h3-8,11,16-18,22H,9-10,12-13H2,1-2H3. The van der Waals surface area contributed by atoms with Crippen LogP contribution in [0.2, 0.25) is 0 Å². The Balaban J connectivity index is 1.72. The summed E-state index contributed by atoms with van der Waals surface area (Å²) in [6.45, 7) is 0.920. The van der Waals surface area contributed by atoms with Gasteiger partial charge in [0.2, 0.25) is 5.78 Å². The van der Waals surface area contributed by atoms with Crippen molar-refractivity contribution in [3.63, 3.8) is 0 Å². The average molecular weight is 327 g/mol. The van der Waals surface area contributed by atoms with Crippen LogP contribution in [0.5, 0.6) is 0 Å². The first-order valence-electron chi connectivity index (χ1n) is 8.54. The van der Waals surface area contributed by atoms with Crippen LogP contribution in [-0.2, 0) is 6.54 Å². The summed E-state index contributed by atoms with van der Waals surface area (Å²) in [5.41, 5.74) is 2.53. The van der Waals surface area contributed by atoms with Gasteiger partial charge in [0.05, 0.1) is 18.3 Å². The molecule has 1 aliphatic carbocycles. The minimum absolute atomic E-state index is 0.0820. The first-order valence-corrected chi connectivity index (χ1v) is 8.54. The summed E-state index contributed by atoms with van der Waals surface area (Å²) in [7, 11) is 4.11. The Morgan fingerprint density at radius 1 is 1.21 bits per heavy atom. The molecule has 1 aromatic carbocycles. The van der Waals surface area contributed by atoms with E-state index in [0.29, 0.717) is 24.5 Å². The third-order valence-corrected chi connectivity index (χ3v) is 4.86. The summed E-state index contributed by atoms with van der Waals surface area (Å²) in [5, 5.41) is 10.3. The highest BCUT2D eigenvalue weighted by Crippen LogP contribution is 2.38. The van der Waals surface area contributed by atoms with E-state index in [0.717, 1.165) is 13.0 Å². The van der Waals surface area contributed by atoms with Crippen LogP contribution in [0.15, 0.2) is 47.1 Å². The second-order valence-electron chi connectivity index (χ2n) is 7.00. The molecule has 0 spiro atoms. The lowest BCUT2D eigenvalue weighted by Gasteiger charge is -2.32. The smallest absolute Gasteiger partial charge is 0.203 e. The molecule has 1 heterocycles. The molecule has 3 rings (SSSR count). The number of rotatable bonds is 5. The highest BCUT2D eigenvalue weighted by molar-refractivity contribution is 5.95. The van der Waals surface area contributed by atoms with Gasteiger partial charge in [0.1, 0.15) is 0 Å². The third-order valence-electron chi connectivity index (χ3n) is 4.86. The number of hydrogen-bond donors (Lipinski definition) is 1. The predicted octanol–water partition coefficient (Wildman–Crippen LogP) is 3.47. The third kappa shape index (κ3) is 3.77. The summed E-state index contributed by atoms with van der Waals surface area (Å²) >= 11 is 0. The number of Topliss-reactive ketones (excluding diaryl/α,β-unsaturated/α-hetero) is 1. The number of benzene rings is 1. The Hall–Kier alpha value is -1.91. The van der Waals surface area contributed by atoms with Gasteiger partial charge in [-0.3, -0.25) is 4.79 Å². The quantitative estimate of drug-likeness (QED) is 0.855. The maximum Gasteiger partial charge on any atom is 0.203 e. The Morgan fingerprint density at radius 2 is 1.96 bits per heavy atom. The number of nitrogens with zero attached hydrogens (tertiary/aromatic N) is 1. The van der Waals surface area contributed by atoms with Crippen LogP contribution in [0.3, 0.4) is 0 Å². The fourth-order valence-corrected chi connectivity index (χ4v) is 3.60. The normalized spacial score (nSPS) is 24.2. The van der Waals surface area contributed by atoms with E-state index in [-0.39, 0.29) is 11.7 Å². The molecular formula is C20H25NO3. The van der Waals surface area contributed by atoms with Crippen molar-refractivity contribution in [2.75, 3.05) is 14.1 Å². The second-order valence-corrected chi connectivity index (χ2v) is 7.00. The highest BCUT2D eigenvalue weighted by atomic mass is 16.3. The molecule has 24 heavy (non-hydrogen) atoms. The van der Waals surface area contributed by atoms with Crippen LogP contribution in [0.4, 0.5) is 0 Å². The monoisotopic (exact) mass is 327 g/mol. The zero-order valence-electron chi connectivity index (χ0n) is 14.3. The van der Waals surface area contributed by atoms with Gasteiger partial charge in [0.25, 0.3) is 0 Å². The molecule has 0 saturated heterocycles. The molecular weight excluding hydrogens is 302 g/mol. The number of carbonyl (C=O) groups excluding carboxylic acids is 1. The fourth-order valence-electron chi connectivity index (χ4n) is 3.60. The maximum absolute atomic E-state index is 12.6. The van der Waals surface area contributed by atoms with E-state index in [4.69, 9.17) is 4.42 Å². The Labute approximate surface area is 143 Å². The Kier molecular flexibility index (Phi) is 5.17. The summed E-state index contributed by atoms with van der Waals surface area (Å²) < 4.78 is 5.23. The molecule has 0 radical (unpaired) electrons. The molecule has 3 atom stereocenters. The number of aliphatic hydroxyl groups is 1. The summed E-state index contributed by atoms with van der Waals surface area (Å²) in [6, 6.07) is 12.0. The van der Waals surface area contributed by atoms with Gasteiger partial charge in [-0.2, -0.15) is 0 Å². The van der Waals surface area contributed by atoms with E-state index in [1.807, 2.05) is 0 Å². The largest absolute Gasteiger partial charge is 0.461 e. The van der Waals surface area contributed by atoms with E-state index in [1.165, 1.54) is 17.4 Å². The van der Waals surface area contributed by atoms with E-state index < -0.39 is 6.10 Å². The summed E-state index contributed by atoms with van der Waals surface area (Å²) in [5.74, 6) is 0.199. The van der Waals surface area contributed by atoms with Crippen molar-refractivity contribution in [3.05, 3.63) is 59.5 Å². The SMILES string of the molecule is CN(C)Cc1ccc(C2CCC(O)C(C(=O)c3ccco3)C2)cc1. The summed E-state index contributed by atoms with van der Waals surface area (Å²) in [4.78, 5) is 14.7. The number of carbonyl (C=O) groups is 1. The van der Waals surface area contributed by atoms with Crippen molar-refractivity contribution in [1.29, 1.82) is 0 Å². The fraction of sp³-hybridized carbons (Fsp3) is 0.450. The minimum Gasteiger partial charge on any atom is -0.461 e. The van der Waals surface area contributed by atoms with Crippen molar-refractivity contribution in [3.8, 4) is 0 Å². The molecule has 2 aromatic rings. The molecule has 4 nitrogen and oxygen atoms in total. The van der Waals surface area contributed by atoms with Crippen molar-refractivity contribution in [1.82, 2.24) is 4.90 Å². The predicted molar refractivity (Wildman–Crippen MR) is 93.0 cm³/mol. The number of hydrogen-bond acceptors (Lipinski definition) is 4. The first-order chi connectivity index (χ1) is 11.5. The average Bonchev–Trinajstić information content (AvgIpc) is 3.09. The van der Waals surface area contributed by atoms with Gasteiger partial charge in [0, 0.05) is 6.54 Å². The lowest BCUT2D eigenvalue weighted by Crippen LogP contribution is -2.34. The zero-order valence-corrected chi connectivity index (χ0v) is 14.3. The van der Waals surface area contributed by atoms with Crippen LogP contribution >= 0.6 is 0 Å². The van der Waals surface area contributed by atoms with Gasteiger partial charge in [-0.1, -0.05) is 24.3 Å². The van der Waals surface area contributed by atoms with E-state index in [2.05, 4.69) is 43.3 Å². The molecule has 0 amide bonds. The Morgan fingerprint density at radius 3 is 2.58 bits per heavy atom. The topological polar surface area (TPSA) is 53.7 Å². The molecule has 0 aliphatic heterocycles. The van der Waals surface area contributed by atoms with Crippen molar-refractivity contribution in [2.24, 2.45) is 5.92 Å². The van der Waals surface area contributed by atoms with Crippen LogP contribution in [0, 0.1) is 5.92 Å². The van der Waals surface area contributed by atoms with Crippen LogP contribution in [0.1, 0.15) is 46.9 Å². The lowest BCUT2D eigenvalue weighted by atomic mass is 9.74. The molecule has 128 valence electrons. The van der Waals surface area contributed by atoms with E-state index in [9.17, 15) is 9.90 Å². The van der Waals surface area contributed by atoms with Gasteiger partial charge in [-0.15, -0.1) is 0 Å². The minimum atomic E-state index is -0.577. The van der Waals surface area contributed by atoms with Crippen molar-refractivity contribution < 1.29 is 14.3 Å². The number of furan rings is 1. The maximum atomic E-state index is 12.6. The molecule has 1 N–H and O–H groups in total. The Bertz CT molecular complexity index is 661. The number of ketones is 1. The molecule has 0 bridgehead atoms. The molecule has 1 fully saturated rings. The van der Waals surface area contributed by atoms with Gasteiger partial charge in [0.15, 0.2) is 5.76 Å². The van der Waals surface area contributed by atoms with E-state index in [1.54, 1.807) is 12.1 Å². The van der Waals surface area contributed by atoms with Crippen LogP contribution in [0.25, 0.3) is 0 Å². The molecule has 4 heteroatoms.